The Labute approximate surface area is 159 Å². The fraction of sp³-hybridized carbons (Fsp3) is 0.200. The van der Waals surface area contributed by atoms with Crippen molar-refractivity contribution in [1.82, 2.24) is 9.78 Å². The lowest BCUT2D eigenvalue weighted by atomic mass is 10.1. The van der Waals surface area contributed by atoms with Crippen LogP contribution < -0.4 is 4.90 Å². The van der Waals surface area contributed by atoms with Crippen LogP contribution in [0.2, 0.25) is 0 Å². The van der Waals surface area contributed by atoms with Gasteiger partial charge in [0.1, 0.15) is 11.9 Å². The summed E-state index contributed by atoms with van der Waals surface area (Å²) in [7, 11) is -0.688. The largest absolute Gasteiger partial charge is 0.370 e. The first-order valence-electron chi connectivity index (χ1n) is 8.59. The Bertz CT molecular complexity index is 1030. The van der Waals surface area contributed by atoms with Gasteiger partial charge in [-0.05, 0) is 35.9 Å². The molecule has 1 aliphatic rings. The second kappa shape index (κ2) is 7.33. The normalized spacial score (nSPS) is 14.9. The van der Waals surface area contributed by atoms with Crippen LogP contribution in [0, 0.1) is 17.1 Å². The molecule has 0 unspecified atom stereocenters. The molecular formula is C20H17FN4OS. The van der Waals surface area contributed by atoms with Crippen molar-refractivity contribution in [3.63, 3.8) is 0 Å². The van der Waals surface area contributed by atoms with Crippen LogP contribution in [-0.4, -0.2) is 38.6 Å². The van der Waals surface area contributed by atoms with Crippen LogP contribution in [0.15, 0.2) is 54.9 Å². The van der Waals surface area contributed by atoms with Gasteiger partial charge in [-0.15, -0.1) is 0 Å². The molecule has 0 spiro atoms. The molecule has 0 N–H and O–H groups in total. The molecule has 3 aromatic rings. The molecule has 1 fully saturated rings. The molecule has 2 heterocycles. The van der Waals surface area contributed by atoms with Crippen molar-refractivity contribution in [1.29, 1.82) is 5.26 Å². The highest BCUT2D eigenvalue weighted by molar-refractivity contribution is 7.85. The summed E-state index contributed by atoms with van der Waals surface area (Å²) in [6.07, 6.45) is 3.55. The molecule has 27 heavy (non-hydrogen) atoms. The van der Waals surface area contributed by atoms with Crippen molar-refractivity contribution < 1.29 is 8.60 Å². The number of anilines is 1. The molecule has 0 atom stereocenters. The summed E-state index contributed by atoms with van der Waals surface area (Å²) < 4.78 is 26.4. The first kappa shape index (κ1) is 17.4. The van der Waals surface area contributed by atoms with Gasteiger partial charge in [0.25, 0.3) is 0 Å². The molecule has 7 heteroatoms. The van der Waals surface area contributed by atoms with Crippen LogP contribution in [0.4, 0.5) is 10.1 Å². The zero-order valence-electron chi connectivity index (χ0n) is 14.5. The zero-order valence-corrected chi connectivity index (χ0v) is 15.3. The molecule has 2 aromatic carbocycles. The van der Waals surface area contributed by atoms with Gasteiger partial charge >= 0.3 is 0 Å². The van der Waals surface area contributed by atoms with Crippen LogP contribution in [0.1, 0.15) is 5.56 Å². The number of rotatable bonds is 3. The van der Waals surface area contributed by atoms with E-state index in [1.54, 1.807) is 16.9 Å². The third-order valence-electron chi connectivity index (χ3n) is 4.65. The highest BCUT2D eigenvalue weighted by Crippen LogP contribution is 2.25. The van der Waals surface area contributed by atoms with E-state index >= 15 is 0 Å². The molecule has 0 saturated carbocycles. The number of halogens is 1. The van der Waals surface area contributed by atoms with Gasteiger partial charge in [0.2, 0.25) is 0 Å². The summed E-state index contributed by atoms with van der Waals surface area (Å²) in [6, 6.07) is 14.2. The van der Waals surface area contributed by atoms with Crippen LogP contribution in [-0.2, 0) is 10.8 Å². The minimum Gasteiger partial charge on any atom is -0.370 e. The SMILES string of the molecule is N#Cc1cc(F)ccc1-n1cc(-c2ccc(N3CCS(=O)CC3)cc2)cn1. The van der Waals surface area contributed by atoms with Crippen molar-refractivity contribution >= 4 is 16.5 Å². The Kier molecular flexibility index (Phi) is 4.73. The first-order chi connectivity index (χ1) is 13.1. The molecule has 1 aliphatic heterocycles. The van der Waals surface area contributed by atoms with E-state index < -0.39 is 16.6 Å². The van der Waals surface area contributed by atoms with Gasteiger partial charge in [0.15, 0.2) is 0 Å². The molecule has 0 radical (unpaired) electrons. The lowest BCUT2D eigenvalue weighted by Gasteiger charge is -2.28. The molecule has 0 aliphatic carbocycles. The van der Waals surface area contributed by atoms with E-state index in [4.69, 9.17) is 0 Å². The third-order valence-corrected chi connectivity index (χ3v) is 5.93. The number of nitrogens with zero attached hydrogens (tertiary/aromatic N) is 4. The van der Waals surface area contributed by atoms with Crippen molar-refractivity contribution in [2.75, 3.05) is 29.5 Å². The van der Waals surface area contributed by atoms with Crippen LogP contribution in [0.25, 0.3) is 16.8 Å². The van der Waals surface area contributed by atoms with Crippen molar-refractivity contribution in [2.24, 2.45) is 0 Å². The smallest absolute Gasteiger partial charge is 0.124 e. The Morgan fingerprint density at radius 1 is 1.07 bits per heavy atom. The highest BCUT2D eigenvalue weighted by Gasteiger charge is 2.15. The predicted octanol–water partition coefficient (Wildman–Crippen LogP) is 3.12. The van der Waals surface area contributed by atoms with E-state index in [1.165, 1.54) is 12.1 Å². The molecule has 1 aromatic heterocycles. The third kappa shape index (κ3) is 3.62. The Balaban J connectivity index is 1.57. The van der Waals surface area contributed by atoms with E-state index in [-0.39, 0.29) is 5.56 Å². The predicted molar refractivity (Wildman–Crippen MR) is 104 cm³/mol. The maximum absolute atomic E-state index is 13.3. The molecular weight excluding hydrogens is 363 g/mol. The van der Waals surface area contributed by atoms with Gasteiger partial charge < -0.3 is 4.90 Å². The summed E-state index contributed by atoms with van der Waals surface area (Å²) >= 11 is 0. The molecule has 136 valence electrons. The van der Waals surface area contributed by atoms with E-state index in [9.17, 15) is 13.9 Å². The molecule has 5 nitrogen and oxygen atoms in total. The van der Waals surface area contributed by atoms with Crippen molar-refractivity contribution in [3.05, 3.63) is 66.2 Å². The summed E-state index contributed by atoms with van der Waals surface area (Å²) in [4.78, 5) is 2.24. The standard InChI is InChI=1S/C20H17FN4OS/c21-18-3-6-20(16(11-18)12-22)25-14-17(13-23-25)15-1-4-19(5-2-15)24-7-9-27(26)10-8-24/h1-6,11,13-14H,7-10H2. The molecule has 0 amide bonds. The second-order valence-corrected chi connectivity index (χ2v) is 8.03. The Hall–Kier alpha value is -2.98. The van der Waals surface area contributed by atoms with Gasteiger partial charge in [0, 0.05) is 52.8 Å². The van der Waals surface area contributed by atoms with Crippen LogP contribution in [0.5, 0.6) is 0 Å². The molecule has 0 bridgehead atoms. The lowest BCUT2D eigenvalue weighted by molar-refractivity contribution is 0.626. The number of benzene rings is 2. The van der Waals surface area contributed by atoms with Crippen molar-refractivity contribution in [3.8, 4) is 22.9 Å². The van der Waals surface area contributed by atoms with Gasteiger partial charge in [-0.2, -0.15) is 10.4 Å². The molecule has 1 saturated heterocycles. The van der Waals surface area contributed by atoms with E-state index in [1.807, 2.05) is 24.4 Å². The Morgan fingerprint density at radius 2 is 1.81 bits per heavy atom. The summed E-state index contributed by atoms with van der Waals surface area (Å²) in [5.74, 6) is 0.987. The average molecular weight is 380 g/mol. The number of hydrogen-bond acceptors (Lipinski definition) is 4. The quantitative estimate of drug-likeness (QED) is 0.700. The van der Waals surface area contributed by atoms with Gasteiger partial charge in [0.05, 0.1) is 17.4 Å². The van der Waals surface area contributed by atoms with Gasteiger partial charge in [-0.3, -0.25) is 4.21 Å². The molecule has 4 rings (SSSR count). The first-order valence-corrected chi connectivity index (χ1v) is 10.1. The maximum Gasteiger partial charge on any atom is 0.124 e. The number of nitriles is 1. The van der Waals surface area contributed by atoms with E-state index in [0.29, 0.717) is 17.2 Å². The fourth-order valence-electron chi connectivity index (χ4n) is 3.16. The highest BCUT2D eigenvalue weighted by atomic mass is 32.2. The lowest BCUT2D eigenvalue weighted by Crippen LogP contribution is -2.37. The minimum atomic E-state index is -0.688. The zero-order chi connectivity index (χ0) is 18.8. The second-order valence-electron chi connectivity index (χ2n) is 6.33. The summed E-state index contributed by atoms with van der Waals surface area (Å²) in [5.41, 5.74) is 3.82. The topological polar surface area (TPSA) is 61.9 Å². The minimum absolute atomic E-state index is 0.238. The van der Waals surface area contributed by atoms with E-state index in [0.717, 1.165) is 29.9 Å². The Morgan fingerprint density at radius 3 is 2.52 bits per heavy atom. The monoisotopic (exact) mass is 380 g/mol. The maximum atomic E-state index is 13.3. The van der Waals surface area contributed by atoms with Crippen LogP contribution in [0.3, 0.4) is 0 Å². The summed E-state index contributed by atoms with van der Waals surface area (Å²) in [5, 5.41) is 13.5. The summed E-state index contributed by atoms with van der Waals surface area (Å²) in [6.45, 7) is 1.62. The van der Waals surface area contributed by atoms with Gasteiger partial charge in [-0.1, -0.05) is 12.1 Å². The number of aromatic nitrogens is 2. The van der Waals surface area contributed by atoms with E-state index in [2.05, 4.69) is 22.1 Å². The average Bonchev–Trinajstić information content (AvgIpc) is 3.18. The fourth-order valence-corrected chi connectivity index (χ4v) is 4.21. The van der Waals surface area contributed by atoms with Gasteiger partial charge in [-0.25, -0.2) is 9.07 Å². The van der Waals surface area contributed by atoms with Crippen molar-refractivity contribution in [2.45, 2.75) is 0 Å². The number of hydrogen-bond donors (Lipinski definition) is 0. The van der Waals surface area contributed by atoms with Crippen LogP contribution >= 0.6 is 0 Å².